The molecule has 1 N–H and O–H groups in total. The van der Waals surface area contributed by atoms with E-state index in [9.17, 15) is 14.7 Å². The van der Waals surface area contributed by atoms with Crippen molar-refractivity contribution in [3.8, 4) is 11.5 Å². The maximum atomic E-state index is 13.1. The molecule has 1 heterocycles. The lowest BCUT2D eigenvalue weighted by molar-refractivity contribution is -0.149. The van der Waals surface area contributed by atoms with Gasteiger partial charge in [0, 0.05) is 25.3 Å². The summed E-state index contributed by atoms with van der Waals surface area (Å²) in [6.07, 6.45) is -0.769. The zero-order valence-electron chi connectivity index (χ0n) is 17.8. The molecule has 2 aromatic rings. The Labute approximate surface area is 180 Å². The third kappa shape index (κ3) is 4.26. The van der Waals surface area contributed by atoms with Crippen LogP contribution in [0.25, 0.3) is 5.76 Å². The number of amides is 1. The molecule has 8 heteroatoms. The van der Waals surface area contributed by atoms with Gasteiger partial charge in [-0.2, -0.15) is 0 Å². The highest BCUT2D eigenvalue weighted by Gasteiger charge is 2.48. The number of likely N-dealkylation sites (tertiary alicyclic amines) is 1. The van der Waals surface area contributed by atoms with Crippen LogP contribution in [0.5, 0.6) is 11.5 Å². The monoisotopic (exact) mass is 427 g/mol. The van der Waals surface area contributed by atoms with Crippen LogP contribution in [-0.4, -0.2) is 63.0 Å². The minimum absolute atomic E-state index is 0.0336. The number of carbonyl (C=O) groups is 2. The molecule has 8 nitrogen and oxygen atoms in total. The standard InChI is InChI=1S/C23H25NO7/c1-28-15-10-11-17(29-2)16(12-15)20-19(21(25)14-8-6-5-7-9-14)22(26)23(27)24(20)13-18(30-3)31-4/h5-12,18,20,25H,13H2,1-4H3/b21-19+. The third-order valence-corrected chi connectivity index (χ3v) is 5.19. The fraction of sp³-hybridized carbons (Fsp3) is 0.304. The molecular formula is C23H25NO7. The highest BCUT2D eigenvalue weighted by molar-refractivity contribution is 6.46. The van der Waals surface area contributed by atoms with Crippen molar-refractivity contribution in [1.82, 2.24) is 4.90 Å². The maximum absolute atomic E-state index is 13.1. The van der Waals surface area contributed by atoms with Gasteiger partial charge in [-0.05, 0) is 18.2 Å². The summed E-state index contributed by atoms with van der Waals surface area (Å²) in [5.74, 6) is -0.907. The van der Waals surface area contributed by atoms with Gasteiger partial charge in [-0.25, -0.2) is 0 Å². The van der Waals surface area contributed by atoms with Gasteiger partial charge in [-0.3, -0.25) is 9.59 Å². The predicted octanol–water partition coefficient (Wildman–Crippen LogP) is 2.74. The molecule has 1 saturated heterocycles. The van der Waals surface area contributed by atoms with Crippen molar-refractivity contribution in [3.63, 3.8) is 0 Å². The molecular weight excluding hydrogens is 402 g/mol. The molecule has 164 valence electrons. The fourth-order valence-corrected chi connectivity index (χ4v) is 3.60. The lowest BCUT2D eigenvalue weighted by atomic mass is 9.94. The van der Waals surface area contributed by atoms with Crippen molar-refractivity contribution < 1.29 is 33.6 Å². The van der Waals surface area contributed by atoms with Crippen LogP contribution in [0.15, 0.2) is 54.1 Å². The first-order chi connectivity index (χ1) is 15.0. The number of aliphatic hydroxyl groups excluding tert-OH is 1. The third-order valence-electron chi connectivity index (χ3n) is 5.19. The molecule has 1 aliphatic heterocycles. The van der Waals surface area contributed by atoms with Crippen LogP contribution in [0.3, 0.4) is 0 Å². The van der Waals surface area contributed by atoms with Crippen molar-refractivity contribution in [2.75, 3.05) is 35.0 Å². The van der Waals surface area contributed by atoms with Gasteiger partial charge in [0.2, 0.25) is 0 Å². The van der Waals surface area contributed by atoms with Crippen molar-refractivity contribution in [2.45, 2.75) is 12.3 Å². The topological polar surface area (TPSA) is 94.5 Å². The SMILES string of the molecule is COc1ccc(OC)c(C2/C(=C(\O)c3ccccc3)C(=O)C(=O)N2CC(OC)OC)c1. The van der Waals surface area contributed by atoms with E-state index in [4.69, 9.17) is 18.9 Å². The number of carbonyl (C=O) groups excluding carboxylic acids is 2. The molecule has 0 bridgehead atoms. The summed E-state index contributed by atoms with van der Waals surface area (Å²) >= 11 is 0. The number of aliphatic hydroxyl groups is 1. The summed E-state index contributed by atoms with van der Waals surface area (Å²) in [7, 11) is 5.88. The van der Waals surface area contributed by atoms with Crippen LogP contribution in [0.2, 0.25) is 0 Å². The Balaban J connectivity index is 2.25. The Hall–Kier alpha value is -3.36. The van der Waals surface area contributed by atoms with Crippen molar-refractivity contribution >= 4 is 17.4 Å². The minimum Gasteiger partial charge on any atom is -0.507 e. The Morgan fingerprint density at radius 2 is 1.68 bits per heavy atom. The molecule has 2 aromatic carbocycles. The van der Waals surface area contributed by atoms with Gasteiger partial charge in [-0.1, -0.05) is 30.3 Å². The summed E-state index contributed by atoms with van der Waals surface area (Å²) in [6, 6.07) is 12.7. The van der Waals surface area contributed by atoms with Crippen LogP contribution in [0.1, 0.15) is 17.2 Å². The fourth-order valence-electron chi connectivity index (χ4n) is 3.60. The van der Waals surface area contributed by atoms with E-state index in [0.717, 1.165) is 0 Å². The average Bonchev–Trinajstić information content (AvgIpc) is 3.06. The molecule has 0 aromatic heterocycles. The largest absolute Gasteiger partial charge is 0.507 e. The molecule has 0 saturated carbocycles. The van der Waals surface area contributed by atoms with E-state index < -0.39 is 24.0 Å². The summed E-state index contributed by atoms with van der Waals surface area (Å²) in [5, 5.41) is 11.0. The Morgan fingerprint density at radius 3 is 2.26 bits per heavy atom. The zero-order valence-corrected chi connectivity index (χ0v) is 17.8. The van der Waals surface area contributed by atoms with E-state index >= 15 is 0 Å². The summed E-state index contributed by atoms with van der Waals surface area (Å²) in [5.41, 5.74) is 0.862. The van der Waals surface area contributed by atoms with E-state index in [1.54, 1.807) is 48.5 Å². The van der Waals surface area contributed by atoms with Gasteiger partial charge in [0.25, 0.3) is 11.7 Å². The van der Waals surface area contributed by atoms with E-state index in [1.807, 2.05) is 0 Å². The second kappa shape index (κ2) is 9.63. The highest BCUT2D eigenvalue weighted by atomic mass is 16.7. The number of nitrogens with zero attached hydrogens (tertiary/aromatic N) is 1. The molecule has 1 aliphatic rings. The van der Waals surface area contributed by atoms with Gasteiger partial charge >= 0.3 is 0 Å². The Morgan fingerprint density at radius 1 is 1.00 bits per heavy atom. The number of ketones is 1. The van der Waals surface area contributed by atoms with Gasteiger partial charge < -0.3 is 29.0 Å². The maximum Gasteiger partial charge on any atom is 0.295 e. The predicted molar refractivity (Wildman–Crippen MR) is 113 cm³/mol. The number of hydrogen-bond donors (Lipinski definition) is 1. The molecule has 1 unspecified atom stereocenters. The van der Waals surface area contributed by atoms with E-state index in [0.29, 0.717) is 22.6 Å². The van der Waals surface area contributed by atoms with Crippen molar-refractivity contribution in [3.05, 3.63) is 65.2 Å². The molecule has 0 radical (unpaired) electrons. The van der Waals surface area contributed by atoms with E-state index in [2.05, 4.69) is 0 Å². The van der Waals surface area contributed by atoms with Crippen molar-refractivity contribution in [2.24, 2.45) is 0 Å². The van der Waals surface area contributed by atoms with E-state index in [1.165, 1.54) is 33.3 Å². The summed E-state index contributed by atoms with van der Waals surface area (Å²) < 4.78 is 21.3. The second-order valence-electron chi connectivity index (χ2n) is 6.83. The smallest absolute Gasteiger partial charge is 0.295 e. The number of benzene rings is 2. The normalized spacial score (nSPS) is 18.0. The van der Waals surface area contributed by atoms with Gasteiger partial charge in [0.15, 0.2) is 6.29 Å². The van der Waals surface area contributed by atoms with Gasteiger partial charge in [0.1, 0.15) is 17.3 Å². The highest BCUT2D eigenvalue weighted by Crippen LogP contribution is 2.44. The van der Waals surface area contributed by atoms with Crippen LogP contribution >= 0.6 is 0 Å². The number of ether oxygens (including phenoxy) is 4. The Bertz CT molecular complexity index is 983. The number of Topliss-reactive ketones (excluding diaryl/α,β-unsaturated/α-hetero) is 1. The molecule has 1 atom stereocenters. The average molecular weight is 427 g/mol. The lowest BCUT2D eigenvalue weighted by Gasteiger charge is -2.29. The van der Waals surface area contributed by atoms with Crippen LogP contribution in [-0.2, 0) is 19.1 Å². The molecule has 31 heavy (non-hydrogen) atoms. The van der Waals surface area contributed by atoms with Crippen LogP contribution < -0.4 is 9.47 Å². The number of methoxy groups -OCH3 is 4. The first-order valence-corrected chi connectivity index (χ1v) is 9.58. The van der Waals surface area contributed by atoms with Crippen LogP contribution in [0, 0.1) is 0 Å². The summed E-state index contributed by atoms with van der Waals surface area (Å²) in [4.78, 5) is 27.4. The quantitative estimate of drug-likeness (QED) is 0.300. The van der Waals surface area contributed by atoms with Crippen LogP contribution in [0.4, 0.5) is 0 Å². The number of hydrogen-bond acceptors (Lipinski definition) is 7. The minimum atomic E-state index is -0.932. The molecule has 1 amide bonds. The second-order valence-corrected chi connectivity index (χ2v) is 6.83. The lowest BCUT2D eigenvalue weighted by Crippen LogP contribution is -2.38. The Kier molecular flexibility index (Phi) is 6.94. The molecule has 1 fully saturated rings. The first kappa shape index (κ1) is 22.3. The van der Waals surface area contributed by atoms with Gasteiger partial charge in [-0.15, -0.1) is 0 Å². The summed E-state index contributed by atoms with van der Waals surface area (Å²) in [6.45, 7) is -0.0336. The van der Waals surface area contributed by atoms with Crippen molar-refractivity contribution in [1.29, 1.82) is 0 Å². The molecule has 0 aliphatic carbocycles. The van der Waals surface area contributed by atoms with E-state index in [-0.39, 0.29) is 17.9 Å². The zero-order chi connectivity index (χ0) is 22.5. The van der Waals surface area contributed by atoms with Gasteiger partial charge in [0.05, 0.1) is 32.4 Å². The number of rotatable bonds is 8. The molecule has 3 rings (SSSR count). The molecule has 0 spiro atoms. The first-order valence-electron chi connectivity index (χ1n) is 9.58.